The standard InChI is InChI=1S/C28H30N6O5.C25H26N6O3.C19H16F3N3O7S.C18H17N3O5/c1-3-38-28(36)23-24(30-16-21-10-7-11-29-25(21)33-12-14-37-15-13-33)22-19(2)31-18-32-26(22)34(27(23)35)39-17-20-8-5-4-6-9-20;1-18-23-21(27-15-20-8-5-9-26-24(20)30-10-12-33-13-11-30)14-22(32)31(25(23)29-17-28-18)34-16-19-6-3-2-4-7-19;1-3-30-18(27)14-15(32-33(28,29)19(20,21)22)13-11(2)23-10-24-16(13)25(17(14)26)31-9-12-7-5-4-6-8-12;1-3-25-18(24)14-15(22)13-11(2)19-10-20-16(13)21(17(14)23)26-9-12-7-5-4-6-8-12/h4-11,18,30H,3,12-17H2,1-2H3;2-9,14,17,27H,10-13,15-16H2,1H3;4-8,10H,3,9H2,1-2H3;4-8,10,22H,3,9H2,1-2H3. The smallest absolute Gasteiger partial charge is 0.506 e. The summed E-state index contributed by atoms with van der Waals surface area (Å²) in [5.41, 5.74) is -2.67. The summed E-state index contributed by atoms with van der Waals surface area (Å²) in [6, 6.07) is 46.2. The summed E-state index contributed by atoms with van der Waals surface area (Å²) in [4.78, 5) is 160. The van der Waals surface area contributed by atoms with Crippen LogP contribution in [0.2, 0.25) is 0 Å². The van der Waals surface area contributed by atoms with Crippen LogP contribution in [0.3, 0.4) is 0 Å². The van der Waals surface area contributed by atoms with E-state index in [9.17, 15) is 60.3 Å². The van der Waals surface area contributed by atoms with Crippen LogP contribution in [-0.4, -0.2) is 178 Å². The second kappa shape index (κ2) is 43.5. The van der Waals surface area contributed by atoms with Gasteiger partial charge in [0.05, 0.1) is 102 Å². The lowest BCUT2D eigenvalue weighted by Crippen LogP contribution is -2.37. The van der Waals surface area contributed by atoms with Gasteiger partial charge in [-0.3, -0.25) is 19.2 Å². The van der Waals surface area contributed by atoms with Crippen molar-refractivity contribution < 1.29 is 88.3 Å². The van der Waals surface area contributed by atoms with Gasteiger partial charge in [-0.05, 0) is 82.9 Å². The molecule has 132 heavy (non-hydrogen) atoms. The number of esters is 3. The predicted octanol–water partition coefficient (Wildman–Crippen LogP) is 9.07. The molecule has 686 valence electrons. The first-order chi connectivity index (χ1) is 63.8. The van der Waals surface area contributed by atoms with Crippen LogP contribution in [-0.2, 0) is 73.3 Å². The lowest BCUT2D eigenvalue weighted by atomic mass is 10.1. The molecule has 2 saturated heterocycles. The Hall–Kier alpha value is -15.6. The highest BCUT2D eigenvalue weighted by Gasteiger charge is 2.50. The van der Waals surface area contributed by atoms with Gasteiger partial charge in [-0.25, -0.2) is 64.2 Å². The molecular formula is C90H89F3N18O20S. The number of hydrogen-bond acceptors (Lipinski definition) is 34. The number of nitrogens with one attached hydrogen (secondary N) is 2. The van der Waals surface area contributed by atoms with Crippen molar-refractivity contribution in [3.8, 4) is 11.5 Å². The van der Waals surface area contributed by atoms with Crippen LogP contribution in [0.25, 0.3) is 44.1 Å². The van der Waals surface area contributed by atoms with Gasteiger partial charge in [0.2, 0.25) is 0 Å². The quantitative estimate of drug-likeness (QED) is 0.0178. The Labute approximate surface area is 750 Å². The van der Waals surface area contributed by atoms with Crippen molar-refractivity contribution in [2.75, 3.05) is 92.9 Å². The Morgan fingerprint density at radius 3 is 1.20 bits per heavy atom. The number of benzene rings is 4. The molecule has 42 heteroatoms. The van der Waals surface area contributed by atoms with Gasteiger partial charge in [0.15, 0.2) is 45.0 Å². The van der Waals surface area contributed by atoms with Gasteiger partial charge < -0.3 is 72.8 Å². The van der Waals surface area contributed by atoms with Crippen LogP contribution in [0.1, 0.15) is 108 Å². The minimum atomic E-state index is -6.27. The number of hydrogen-bond donors (Lipinski definition) is 3. The third kappa shape index (κ3) is 21.9. The molecule has 16 rings (SSSR count). The normalized spacial score (nSPS) is 12.6. The number of alkyl halides is 3. The number of carbonyl (C=O) groups excluding carboxylic acids is 3. The van der Waals surface area contributed by atoms with Crippen LogP contribution in [0.5, 0.6) is 11.5 Å². The summed E-state index contributed by atoms with van der Waals surface area (Å²) in [6.45, 7) is 17.9. The number of aryl methyl sites for hydroxylation is 4. The van der Waals surface area contributed by atoms with Crippen LogP contribution in [0.15, 0.2) is 209 Å². The van der Waals surface area contributed by atoms with E-state index in [1.807, 2.05) is 122 Å². The Balaban J connectivity index is 0.000000151. The third-order valence-electron chi connectivity index (χ3n) is 20.2. The fraction of sp³-hybridized carbons (Fsp3) is 0.278. The zero-order valence-corrected chi connectivity index (χ0v) is 73.1. The highest BCUT2D eigenvalue weighted by Crippen LogP contribution is 2.36. The number of ether oxygens (including phenoxy) is 5. The Morgan fingerprint density at radius 1 is 0.432 bits per heavy atom. The number of aromatic nitrogens is 14. The molecule has 4 aromatic carbocycles. The molecule has 0 unspecified atom stereocenters. The molecule has 14 aromatic rings. The number of nitrogens with zero attached hydrogens (tertiary/aromatic N) is 16. The van der Waals surface area contributed by atoms with E-state index in [4.69, 9.17) is 43.0 Å². The molecule has 2 aliphatic rings. The highest BCUT2D eigenvalue weighted by molar-refractivity contribution is 7.88. The predicted molar refractivity (Wildman–Crippen MR) is 475 cm³/mol. The summed E-state index contributed by atoms with van der Waals surface area (Å²) in [6.07, 6.45) is 8.59. The van der Waals surface area contributed by atoms with E-state index >= 15 is 0 Å². The van der Waals surface area contributed by atoms with Crippen molar-refractivity contribution in [2.24, 2.45) is 0 Å². The molecule has 0 bridgehead atoms. The lowest BCUT2D eigenvalue weighted by molar-refractivity contribution is -0.0500. The van der Waals surface area contributed by atoms with E-state index in [0.29, 0.717) is 83.6 Å². The van der Waals surface area contributed by atoms with E-state index in [2.05, 4.69) is 74.5 Å². The summed E-state index contributed by atoms with van der Waals surface area (Å²) >= 11 is 0. The zero-order valence-electron chi connectivity index (χ0n) is 72.3. The molecule has 0 spiro atoms. The van der Waals surface area contributed by atoms with Crippen LogP contribution in [0, 0.1) is 27.7 Å². The van der Waals surface area contributed by atoms with Gasteiger partial charge in [-0.2, -0.15) is 21.6 Å². The molecule has 2 fully saturated rings. The molecule has 38 nitrogen and oxygen atoms in total. The zero-order chi connectivity index (χ0) is 93.6. The molecule has 10 aromatic heterocycles. The van der Waals surface area contributed by atoms with Gasteiger partial charge in [0.1, 0.15) is 69.1 Å². The number of fused-ring (bicyclic) bond motifs is 4. The third-order valence-corrected chi connectivity index (χ3v) is 21.2. The topological polar surface area (TPSA) is 445 Å². The SMILES string of the molecule is CCOC(=O)c1c(NCc2cccnc2N2CCOCC2)c2c(C)ncnc2n(OCc2ccccc2)c1=O.CCOC(=O)c1c(O)c2c(C)ncnc2n(OCc2ccccc2)c1=O.CCOC(=O)c1c(OS(=O)(=O)C(F)(F)F)c2c(C)ncnc2n(OCc2ccccc2)c1=O.Cc1ncnc2c1c(NCc1cccnc1N1CCOCC1)cc(=O)n2OCc1ccccc1. The van der Waals surface area contributed by atoms with Crippen LogP contribution < -0.4 is 66.2 Å². The Kier molecular flexibility index (Phi) is 31.0. The Bertz CT molecular complexity index is 6860. The van der Waals surface area contributed by atoms with E-state index in [1.54, 1.807) is 70.4 Å². The maximum absolute atomic E-state index is 13.8. The van der Waals surface area contributed by atoms with Crippen LogP contribution in [0.4, 0.5) is 36.2 Å². The minimum Gasteiger partial charge on any atom is -0.506 e. The average Bonchev–Trinajstić information content (AvgIpc) is 0.883. The first kappa shape index (κ1) is 94.0. The van der Waals surface area contributed by atoms with E-state index in [-0.39, 0.29) is 79.7 Å². The van der Waals surface area contributed by atoms with E-state index in [0.717, 1.165) is 92.5 Å². The van der Waals surface area contributed by atoms with E-state index < -0.39 is 83.9 Å². The monoisotopic (exact) mass is 1830 g/mol. The van der Waals surface area contributed by atoms with Gasteiger partial charge in [0, 0.05) is 68.9 Å². The number of halogens is 3. The minimum absolute atomic E-state index is 0.0604. The van der Waals surface area contributed by atoms with Gasteiger partial charge in [0.25, 0.3) is 5.56 Å². The number of rotatable bonds is 28. The van der Waals surface area contributed by atoms with Crippen molar-refractivity contribution in [3.63, 3.8) is 0 Å². The molecule has 3 N–H and O–H groups in total. The number of aromatic hydroxyl groups is 1. The first-order valence-electron chi connectivity index (χ1n) is 41.3. The maximum Gasteiger partial charge on any atom is 0.534 e. The first-order valence-corrected chi connectivity index (χ1v) is 42.7. The number of pyridine rings is 6. The Morgan fingerprint density at radius 2 is 0.780 bits per heavy atom. The van der Waals surface area contributed by atoms with Crippen LogP contribution >= 0.6 is 0 Å². The highest BCUT2D eigenvalue weighted by atomic mass is 32.2. The summed E-state index contributed by atoms with van der Waals surface area (Å²) < 4.78 is 96.4. The summed E-state index contributed by atoms with van der Waals surface area (Å²) in [7, 11) is -6.27. The number of morpholine rings is 2. The van der Waals surface area contributed by atoms with E-state index in [1.165, 1.54) is 43.6 Å². The molecule has 2 aliphatic heterocycles. The number of carbonyl (C=O) groups is 3. The molecular weight excluding hydrogens is 1740 g/mol. The molecule has 0 atom stereocenters. The second-order valence-corrected chi connectivity index (χ2v) is 30.4. The fourth-order valence-corrected chi connectivity index (χ4v) is 14.4. The maximum atomic E-state index is 13.8. The fourth-order valence-electron chi connectivity index (χ4n) is 13.9. The average molecular weight is 1830 g/mol. The molecule has 0 radical (unpaired) electrons. The van der Waals surface area contributed by atoms with Gasteiger partial charge >= 0.3 is 50.2 Å². The van der Waals surface area contributed by atoms with Crippen molar-refractivity contribution >= 4 is 95.2 Å². The molecule has 0 saturated carbocycles. The van der Waals surface area contributed by atoms with Crippen molar-refractivity contribution in [1.82, 2.24) is 68.8 Å². The second-order valence-electron chi connectivity index (χ2n) is 28.9. The number of anilines is 4. The largest absolute Gasteiger partial charge is 0.534 e. The molecule has 12 heterocycles. The summed E-state index contributed by atoms with van der Waals surface area (Å²) in [5.74, 6) is -3.08. The van der Waals surface area contributed by atoms with Gasteiger partial charge in [-0.15, -0.1) is 18.9 Å². The van der Waals surface area contributed by atoms with Gasteiger partial charge in [-0.1, -0.05) is 133 Å². The van der Waals surface area contributed by atoms with Crippen molar-refractivity contribution in [2.45, 2.75) is 93.5 Å². The van der Waals surface area contributed by atoms with Crippen molar-refractivity contribution in [1.29, 1.82) is 0 Å². The van der Waals surface area contributed by atoms with Crippen molar-refractivity contribution in [3.05, 3.63) is 304 Å². The summed E-state index contributed by atoms with van der Waals surface area (Å²) in [5, 5.41) is 18.1. The lowest BCUT2D eigenvalue weighted by Gasteiger charge is -2.29. The molecule has 0 amide bonds. The molecule has 0 aliphatic carbocycles.